The molecule has 1 amide bonds. The van der Waals surface area contributed by atoms with Gasteiger partial charge in [-0.2, -0.15) is 0 Å². The van der Waals surface area contributed by atoms with Gasteiger partial charge in [0, 0.05) is 37.7 Å². The molecular formula is C26H32N2O7S. The highest BCUT2D eigenvalue weighted by atomic mass is 32.2. The van der Waals surface area contributed by atoms with Crippen molar-refractivity contribution < 1.29 is 32.5 Å². The fraction of sp³-hybridized carbons (Fsp3) is 0.346. The summed E-state index contributed by atoms with van der Waals surface area (Å²) in [7, 11) is -1.74. The molecule has 36 heavy (non-hydrogen) atoms. The van der Waals surface area contributed by atoms with Gasteiger partial charge >= 0.3 is 6.03 Å². The van der Waals surface area contributed by atoms with Crippen molar-refractivity contribution in [3.05, 3.63) is 60.8 Å². The van der Waals surface area contributed by atoms with Crippen LogP contribution in [0.25, 0.3) is 11.3 Å². The van der Waals surface area contributed by atoms with Crippen LogP contribution >= 0.6 is 0 Å². The second-order valence-electron chi connectivity index (χ2n) is 9.16. The van der Waals surface area contributed by atoms with Crippen LogP contribution in [-0.4, -0.2) is 62.3 Å². The van der Waals surface area contributed by atoms with Crippen LogP contribution < -0.4 is 14.8 Å². The Balaban J connectivity index is 1.95. The van der Waals surface area contributed by atoms with Gasteiger partial charge in [-0.3, -0.25) is 4.57 Å². The number of hydrogen-bond acceptors (Lipinski definition) is 7. The number of aromatic nitrogens is 1. The number of rotatable bonds is 10. The first-order valence-corrected chi connectivity index (χ1v) is 13.2. The quantitative estimate of drug-likeness (QED) is 0.417. The zero-order valence-corrected chi connectivity index (χ0v) is 21.8. The lowest BCUT2D eigenvalue weighted by Crippen LogP contribution is -2.40. The molecule has 0 bridgehead atoms. The summed E-state index contributed by atoms with van der Waals surface area (Å²) in [6.45, 7) is 5.55. The van der Waals surface area contributed by atoms with Crippen LogP contribution in [0.15, 0.2) is 65.7 Å². The van der Waals surface area contributed by atoms with Gasteiger partial charge in [-0.1, -0.05) is 0 Å². The van der Waals surface area contributed by atoms with E-state index >= 15 is 0 Å². The predicted molar refractivity (Wildman–Crippen MR) is 137 cm³/mol. The molecule has 0 spiro atoms. The number of benzene rings is 2. The molecule has 0 aliphatic rings. The zero-order chi connectivity index (χ0) is 26.5. The number of aliphatic hydroxyl groups is 1. The first-order chi connectivity index (χ1) is 16.9. The van der Waals surface area contributed by atoms with E-state index in [9.17, 15) is 18.3 Å². The Kier molecular flexibility index (Phi) is 8.44. The largest absolute Gasteiger partial charge is 0.488 e. The van der Waals surface area contributed by atoms with Gasteiger partial charge in [0.05, 0.1) is 22.8 Å². The highest BCUT2D eigenvalue weighted by molar-refractivity contribution is 7.90. The summed E-state index contributed by atoms with van der Waals surface area (Å²) in [6.07, 6.45) is 2.53. The van der Waals surface area contributed by atoms with Crippen LogP contribution in [0.1, 0.15) is 20.8 Å². The van der Waals surface area contributed by atoms with Gasteiger partial charge in [0.2, 0.25) is 0 Å². The van der Waals surface area contributed by atoms with E-state index in [4.69, 9.17) is 14.2 Å². The van der Waals surface area contributed by atoms with Crippen LogP contribution in [0.3, 0.4) is 0 Å². The molecule has 0 saturated heterocycles. The molecule has 1 heterocycles. The van der Waals surface area contributed by atoms with Gasteiger partial charge in [0.15, 0.2) is 9.84 Å². The average Bonchev–Trinajstić information content (AvgIpc) is 3.27. The van der Waals surface area contributed by atoms with E-state index in [1.165, 1.54) is 16.7 Å². The minimum Gasteiger partial charge on any atom is -0.488 e. The third-order valence-corrected chi connectivity index (χ3v) is 6.17. The molecule has 1 atom stereocenters. The molecule has 0 saturated carbocycles. The third kappa shape index (κ3) is 7.58. The molecule has 9 nitrogen and oxygen atoms in total. The number of amides is 1. The highest BCUT2D eigenvalue weighted by Gasteiger charge is 2.18. The maximum Gasteiger partial charge on any atom is 0.326 e. The van der Waals surface area contributed by atoms with Crippen molar-refractivity contribution in [2.45, 2.75) is 37.4 Å². The van der Waals surface area contributed by atoms with Gasteiger partial charge in [-0.05, 0) is 69.3 Å². The second-order valence-corrected chi connectivity index (χ2v) is 11.2. The molecule has 0 radical (unpaired) electrons. The van der Waals surface area contributed by atoms with Gasteiger partial charge < -0.3 is 24.6 Å². The van der Waals surface area contributed by atoms with Crippen molar-refractivity contribution in [3.8, 4) is 28.5 Å². The van der Waals surface area contributed by atoms with E-state index in [-0.39, 0.29) is 17.5 Å². The number of nitrogens with one attached hydrogen (secondary N) is 1. The number of methoxy groups -OCH3 is 1. The number of sulfone groups is 1. The van der Waals surface area contributed by atoms with Crippen molar-refractivity contribution in [3.63, 3.8) is 0 Å². The summed E-state index contributed by atoms with van der Waals surface area (Å²) < 4.78 is 42.1. The molecule has 10 heteroatoms. The fourth-order valence-corrected chi connectivity index (χ4v) is 4.04. The van der Waals surface area contributed by atoms with Crippen molar-refractivity contribution in [1.29, 1.82) is 0 Å². The smallest absolute Gasteiger partial charge is 0.326 e. The van der Waals surface area contributed by atoms with Crippen molar-refractivity contribution >= 4 is 15.9 Å². The molecule has 0 aliphatic carbocycles. The van der Waals surface area contributed by atoms with Crippen molar-refractivity contribution in [2.75, 3.05) is 26.5 Å². The molecule has 0 fully saturated rings. The average molecular weight is 517 g/mol. The van der Waals surface area contributed by atoms with Gasteiger partial charge in [-0.25, -0.2) is 13.2 Å². The lowest BCUT2D eigenvalue weighted by Gasteiger charge is -2.19. The Labute approximate surface area is 211 Å². The number of ether oxygens (including phenoxy) is 3. The van der Waals surface area contributed by atoms with Crippen LogP contribution in [0, 0.1) is 0 Å². The standard InChI is InChI=1S/C26H32N2O7S/c1-18(16-33-4)34-21-13-19(24-7-6-12-28(24)25(29)27-17-26(2,3)30)14-22(15-21)35-20-8-10-23(11-9-20)36(5,31)32/h6-15,18,30H,16-17H2,1-5H3,(H,27,29)/t18-/m0/s1. The van der Waals surface area contributed by atoms with E-state index in [2.05, 4.69) is 5.32 Å². The predicted octanol–water partition coefficient (Wildman–Crippen LogP) is 4.09. The van der Waals surface area contributed by atoms with Crippen LogP contribution in [-0.2, 0) is 14.6 Å². The SMILES string of the molecule is COC[C@H](C)Oc1cc(Oc2ccc(S(C)(=O)=O)cc2)cc(-c2cccn2C(=O)NCC(C)(C)O)c1. The number of carbonyl (C=O) groups excluding carboxylic acids is 1. The maximum atomic E-state index is 12.8. The van der Waals surface area contributed by atoms with Crippen LogP contribution in [0.4, 0.5) is 4.79 Å². The van der Waals surface area contributed by atoms with Crippen molar-refractivity contribution in [2.24, 2.45) is 0 Å². The summed E-state index contributed by atoms with van der Waals surface area (Å²) in [5.41, 5.74) is 0.190. The fourth-order valence-electron chi connectivity index (χ4n) is 3.41. The monoisotopic (exact) mass is 516 g/mol. The lowest BCUT2D eigenvalue weighted by atomic mass is 10.1. The van der Waals surface area contributed by atoms with E-state index in [0.29, 0.717) is 35.1 Å². The highest BCUT2D eigenvalue weighted by Crippen LogP contribution is 2.33. The molecule has 194 valence electrons. The van der Waals surface area contributed by atoms with Crippen LogP contribution in [0.5, 0.6) is 17.2 Å². The molecule has 3 aromatic rings. The van der Waals surface area contributed by atoms with Gasteiger partial charge in [0.25, 0.3) is 0 Å². The minimum atomic E-state index is -3.33. The molecule has 1 aromatic heterocycles. The lowest BCUT2D eigenvalue weighted by molar-refractivity contribution is 0.0820. The maximum absolute atomic E-state index is 12.8. The molecule has 3 rings (SSSR count). The number of nitrogens with zero attached hydrogens (tertiary/aromatic N) is 1. The summed E-state index contributed by atoms with van der Waals surface area (Å²) >= 11 is 0. The van der Waals surface area contributed by atoms with E-state index in [0.717, 1.165) is 6.26 Å². The Morgan fingerprint density at radius 1 is 1.08 bits per heavy atom. The normalized spacial score (nSPS) is 12.7. The van der Waals surface area contributed by atoms with E-state index < -0.39 is 21.5 Å². The third-order valence-electron chi connectivity index (χ3n) is 5.04. The topological polar surface area (TPSA) is 116 Å². The van der Waals surface area contributed by atoms with E-state index in [1.54, 1.807) is 69.6 Å². The van der Waals surface area contributed by atoms with Gasteiger partial charge in [0.1, 0.15) is 23.4 Å². The Hall–Kier alpha value is -3.34. The van der Waals surface area contributed by atoms with E-state index in [1.807, 2.05) is 6.92 Å². The minimum absolute atomic E-state index is 0.0823. The van der Waals surface area contributed by atoms with Crippen molar-refractivity contribution in [1.82, 2.24) is 9.88 Å². The summed E-state index contributed by atoms with van der Waals surface area (Å²) in [5.74, 6) is 1.38. The molecule has 0 aliphatic heterocycles. The molecule has 2 N–H and O–H groups in total. The van der Waals surface area contributed by atoms with Gasteiger partial charge in [-0.15, -0.1) is 0 Å². The second kappa shape index (κ2) is 11.2. The Morgan fingerprint density at radius 2 is 1.75 bits per heavy atom. The summed E-state index contributed by atoms with van der Waals surface area (Å²) in [5, 5.41) is 12.7. The number of carbonyl (C=O) groups is 1. The first-order valence-electron chi connectivity index (χ1n) is 11.3. The molecule has 2 aromatic carbocycles. The Morgan fingerprint density at radius 3 is 2.36 bits per heavy atom. The summed E-state index contributed by atoms with van der Waals surface area (Å²) in [4.78, 5) is 13.0. The zero-order valence-electron chi connectivity index (χ0n) is 21.0. The summed E-state index contributed by atoms with van der Waals surface area (Å²) in [6, 6.07) is 14.5. The molecular weight excluding hydrogens is 484 g/mol. The Bertz CT molecular complexity index is 1290. The molecule has 0 unspecified atom stereocenters. The first kappa shape index (κ1) is 27.3. The van der Waals surface area contributed by atoms with Crippen LogP contribution in [0.2, 0.25) is 0 Å². The number of hydrogen-bond donors (Lipinski definition) is 2.